The van der Waals surface area contributed by atoms with Crippen LogP contribution in [0.5, 0.6) is 5.75 Å². The van der Waals surface area contributed by atoms with Gasteiger partial charge in [-0.2, -0.15) is 0 Å². The van der Waals surface area contributed by atoms with E-state index in [4.69, 9.17) is 4.74 Å². The van der Waals surface area contributed by atoms with Crippen molar-refractivity contribution in [1.82, 2.24) is 9.97 Å². The van der Waals surface area contributed by atoms with Crippen LogP contribution in [0.15, 0.2) is 35.8 Å². The minimum atomic E-state index is -0.632. The molecule has 0 saturated carbocycles. The zero-order valence-corrected chi connectivity index (χ0v) is 14.3. The number of fused-ring (bicyclic) bond motifs is 2. The minimum absolute atomic E-state index is 0.0743. The molecule has 0 bridgehead atoms. The summed E-state index contributed by atoms with van der Waals surface area (Å²) in [6, 6.07) is 8.11. The molecule has 3 aromatic heterocycles. The Morgan fingerprint density at radius 2 is 2.17 bits per heavy atom. The second-order valence-electron chi connectivity index (χ2n) is 5.05. The van der Waals surface area contributed by atoms with E-state index in [1.165, 1.54) is 22.2 Å². The molecule has 0 unspecified atom stereocenters. The summed E-state index contributed by atoms with van der Waals surface area (Å²) in [5, 5.41) is 14.4. The molecule has 7 heteroatoms. The molecule has 24 heavy (non-hydrogen) atoms. The molecule has 1 N–H and O–H groups in total. The molecule has 0 aliphatic carbocycles. The van der Waals surface area contributed by atoms with Crippen molar-refractivity contribution in [3.05, 3.63) is 41.5 Å². The molecule has 0 amide bonds. The molecule has 0 aliphatic rings. The van der Waals surface area contributed by atoms with Gasteiger partial charge in [0.05, 0.1) is 12.8 Å². The van der Waals surface area contributed by atoms with Crippen molar-refractivity contribution in [3.63, 3.8) is 0 Å². The Morgan fingerprint density at radius 1 is 1.33 bits per heavy atom. The Morgan fingerprint density at radius 3 is 3.00 bits per heavy atom. The maximum absolute atomic E-state index is 11.9. The van der Waals surface area contributed by atoms with Gasteiger partial charge in [-0.1, -0.05) is 18.2 Å². The van der Waals surface area contributed by atoms with Gasteiger partial charge >= 0.3 is 5.97 Å². The molecule has 1 aromatic carbocycles. The summed E-state index contributed by atoms with van der Waals surface area (Å²) < 4.78 is 6.64. The van der Waals surface area contributed by atoms with Gasteiger partial charge in [0.25, 0.3) is 0 Å². The number of carbonyl (C=O) groups is 1. The zero-order valence-electron chi connectivity index (χ0n) is 12.6. The van der Waals surface area contributed by atoms with Crippen LogP contribution in [-0.2, 0) is 4.74 Å². The lowest BCUT2D eigenvalue weighted by molar-refractivity contribution is 0.0516. The van der Waals surface area contributed by atoms with Gasteiger partial charge in [-0.15, -0.1) is 22.7 Å². The first-order valence-electron chi connectivity index (χ1n) is 7.31. The molecule has 120 valence electrons. The second kappa shape index (κ2) is 5.85. The fourth-order valence-electron chi connectivity index (χ4n) is 2.49. The lowest BCUT2D eigenvalue weighted by atomic mass is 10.2. The predicted molar refractivity (Wildman–Crippen MR) is 95.9 cm³/mol. The van der Waals surface area contributed by atoms with Crippen molar-refractivity contribution in [2.24, 2.45) is 0 Å². The van der Waals surface area contributed by atoms with Crippen molar-refractivity contribution in [2.45, 2.75) is 6.92 Å². The number of nitrogens with zero attached hydrogens (tertiary/aromatic N) is 2. The van der Waals surface area contributed by atoms with Crippen LogP contribution in [0.25, 0.3) is 30.9 Å². The summed E-state index contributed by atoms with van der Waals surface area (Å²) in [5.74, 6) is -0.804. The fraction of sp³-hybridized carbons (Fsp3) is 0.118. The standard InChI is InChI=1S/C17H12N2O3S2/c1-2-22-17(21)13-14(20)15-11(7-18-13)19-16(24-15)10-8-23-12-6-4-3-5-9(10)12/h3-8,20H,2H2,1H3. The summed E-state index contributed by atoms with van der Waals surface area (Å²) in [4.78, 5) is 20.4. The van der Waals surface area contributed by atoms with Gasteiger partial charge in [-0.25, -0.2) is 14.8 Å². The molecule has 0 aliphatic heterocycles. The van der Waals surface area contributed by atoms with E-state index in [1.807, 2.05) is 12.1 Å². The second-order valence-corrected chi connectivity index (χ2v) is 6.97. The van der Waals surface area contributed by atoms with Gasteiger partial charge in [-0.3, -0.25) is 0 Å². The van der Waals surface area contributed by atoms with Crippen LogP contribution in [0.4, 0.5) is 0 Å². The first-order chi connectivity index (χ1) is 11.7. The highest BCUT2D eigenvalue weighted by molar-refractivity contribution is 7.23. The van der Waals surface area contributed by atoms with E-state index in [-0.39, 0.29) is 18.1 Å². The lowest BCUT2D eigenvalue weighted by Crippen LogP contribution is -2.07. The number of aromatic nitrogens is 2. The topological polar surface area (TPSA) is 72.3 Å². The lowest BCUT2D eigenvalue weighted by Gasteiger charge is -2.02. The Labute approximate surface area is 145 Å². The first kappa shape index (κ1) is 15.0. The number of carbonyl (C=O) groups excluding carboxylic acids is 1. The Bertz CT molecular complexity index is 1070. The van der Waals surface area contributed by atoms with Crippen molar-refractivity contribution in [3.8, 4) is 16.3 Å². The van der Waals surface area contributed by atoms with Gasteiger partial charge in [0.15, 0.2) is 11.4 Å². The average molecular weight is 356 g/mol. The summed E-state index contributed by atoms with van der Waals surface area (Å²) >= 11 is 3.00. The Kier molecular flexibility index (Phi) is 3.66. The largest absolute Gasteiger partial charge is 0.504 e. The number of benzene rings is 1. The minimum Gasteiger partial charge on any atom is -0.504 e. The summed E-state index contributed by atoms with van der Waals surface area (Å²) in [7, 11) is 0. The molecular weight excluding hydrogens is 344 g/mol. The molecule has 3 heterocycles. The van der Waals surface area contributed by atoms with Crippen LogP contribution in [0.3, 0.4) is 0 Å². The molecule has 0 fully saturated rings. The van der Waals surface area contributed by atoms with Crippen LogP contribution < -0.4 is 0 Å². The van der Waals surface area contributed by atoms with E-state index < -0.39 is 5.97 Å². The highest BCUT2D eigenvalue weighted by atomic mass is 32.1. The van der Waals surface area contributed by atoms with Crippen molar-refractivity contribution >= 4 is 48.9 Å². The molecule has 5 nitrogen and oxygen atoms in total. The number of aromatic hydroxyl groups is 1. The van der Waals surface area contributed by atoms with E-state index >= 15 is 0 Å². The number of pyridine rings is 1. The van der Waals surface area contributed by atoms with Gasteiger partial charge in [-0.05, 0) is 13.0 Å². The molecule has 0 saturated heterocycles. The van der Waals surface area contributed by atoms with Gasteiger partial charge in [0.1, 0.15) is 15.2 Å². The number of hydrogen-bond acceptors (Lipinski definition) is 7. The maximum Gasteiger partial charge on any atom is 0.360 e. The first-order valence-corrected chi connectivity index (χ1v) is 9.01. The van der Waals surface area contributed by atoms with E-state index in [0.717, 1.165) is 16.0 Å². The average Bonchev–Trinajstić information content (AvgIpc) is 3.19. The quantitative estimate of drug-likeness (QED) is 0.549. The zero-order chi connectivity index (χ0) is 16.7. The van der Waals surface area contributed by atoms with E-state index in [1.54, 1.807) is 18.3 Å². The molecule has 0 radical (unpaired) electrons. The summed E-state index contributed by atoms with van der Waals surface area (Å²) in [6.45, 7) is 1.94. The van der Waals surface area contributed by atoms with E-state index in [2.05, 4.69) is 27.5 Å². The van der Waals surface area contributed by atoms with E-state index in [0.29, 0.717) is 10.2 Å². The third kappa shape index (κ3) is 2.33. The molecular formula is C17H12N2O3S2. The van der Waals surface area contributed by atoms with Crippen LogP contribution in [0, 0.1) is 0 Å². The Balaban J connectivity index is 1.87. The highest BCUT2D eigenvalue weighted by Crippen LogP contribution is 2.40. The summed E-state index contributed by atoms with van der Waals surface area (Å²) in [6.07, 6.45) is 1.50. The number of thiophene rings is 1. The van der Waals surface area contributed by atoms with Gasteiger partial charge < -0.3 is 9.84 Å². The number of thiazole rings is 1. The van der Waals surface area contributed by atoms with Crippen molar-refractivity contribution in [1.29, 1.82) is 0 Å². The maximum atomic E-state index is 11.9. The monoisotopic (exact) mass is 356 g/mol. The van der Waals surface area contributed by atoms with Gasteiger partial charge in [0, 0.05) is 21.0 Å². The molecule has 0 spiro atoms. The molecule has 0 atom stereocenters. The Hall–Kier alpha value is -2.51. The number of esters is 1. The van der Waals surface area contributed by atoms with E-state index in [9.17, 15) is 9.90 Å². The van der Waals surface area contributed by atoms with Crippen LogP contribution in [0.2, 0.25) is 0 Å². The SMILES string of the molecule is CCOC(=O)c1ncc2nc(-c3csc4ccccc34)sc2c1O. The molecule has 4 aromatic rings. The predicted octanol–water partition coefficient (Wildman–Crippen LogP) is 4.46. The normalized spacial score (nSPS) is 11.2. The van der Waals surface area contributed by atoms with Crippen molar-refractivity contribution in [2.75, 3.05) is 6.61 Å². The number of hydrogen-bond donors (Lipinski definition) is 1. The number of ether oxygens (including phenoxy) is 1. The summed E-state index contributed by atoms with van der Waals surface area (Å²) in [5.41, 5.74) is 1.51. The molecule has 4 rings (SSSR count). The smallest absolute Gasteiger partial charge is 0.360 e. The van der Waals surface area contributed by atoms with Crippen LogP contribution in [-0.4, -0.2) is 27.7 Å². The van der Waals surface area contributed by atoms with Crippen LogP contribution >= 0.6 is 22.7 Å². The van der Waals surface area contributed by atoms with Crippen molar-refractivity contribution < 1.29 is 14.6 Å². The third-order valence-corrected chi connectivity index (χ3v) is 5.66. The third-order valence-electron chi connectivity index (χ3n) is 3.59. The number of rotatable bonds is 3. The van der Waals surface area contributed by atoms with Gasteiger partial charge in [0.2, 0.25) is 0 Å². The fourth-order valence-corrected chi connectivity index (χ4v) is 4.52. The highest BCUT2D eigenvalue weighted by Gasteiger charge is 2.20. The van der Waals surface area contributed by atoms with Crippen LogP contribution in [0.1, 0.15) is 17.4 Å².